The van der Waals surface area contributed by atoms with Crippen molar-refractivity contribution in [2.45, 2.75) is 0 Å². The van der Waals surface area contributed by atoms with Crippen molar-refractivity contribution in [1.29, 1.82) is 0 Å². The number of nitrogens with one attached hydrogen (secondary N) is 2. The Morgan fingerprint density at radius 3 is 2.55 bits per heavy atom. The smallest absolute Gasteiger partial charge is 0.342 e. The summed E-state index contributed by atoms with van der Waals surface area (Å²) < 4.78 is 23.9. The Morgan fingerprint density at radius 2 is 2.05 bits per heavy atom. The molecule has 0 atom stereocenters. The Balaban J connectivity index is 2.75. The second kappa shape index (κ2) is 6.30. The molecule has 0 unspecified atom stereocenters. The van der Waals surface area contributed by atoms with E-state index in [4.69, 9.17) is 5.11 Å². The van der Waals surface area contributed by atoms with Crippen LogP contribution in [0.1, 0.15) is 10.4 Å². The van der Waals surface area contributed by atoms with Crippen molar-refractivity contribution >= 4 is 27.4 Å². The molecule has 1 aromatic rings. The van der Waals surface area contributed by atoms with E-state index >= 15 is 0 Å². The lowest BCUT2D eigenvalue weighted by atomic mass is 10.1. The lowest BCUT2D eigenvalue weighted by Gasteiger charge is -2.07. The molecule has 0 fully saturated rings. The van der Waals surface area contributed by atoms with Crippen molar-refractivity contribution in [3.63, 3.8) is 0 Å². The van der Waals surface area contributed by atoms with Crippen LogP contribution in [0.2, 0.25) is 0 Å². The van der Waals surface area contributed by atoms with E-state index in [1.165, 1.54) is 6.07 Å². The summed E-state index contributed by atoms with van der Waals surface area (Å²) in [6.07, 6.45) is 1.02. The van der Waals surface area contributed by atoms with Crippen molar-refractivity contribution in [2.75, 3.05) is 24.7 Å². The van der Waals surface area contributed by atoms with Gasteiger partial charge in [-0.25, -0.2) is 17.9 Å². The molecule has 0 amide bonds. The molecule has 1 aromatic carbocycles. The summed E-state index contributed by atoms with van der Waals surface area (Å²) in [5.41, 5.74) is -0.586. The first-order valence-electron chi connectivity index (χ1n) is 5.41. The van der Waals surface area contributed by atoms with Crippen molar-refractivity contribution in [3.8, 4) is 0 Å². The Kier molecular flexibility index (Phi) is 5.00. The highest BCUT2D eigenvalue weighted by molar-refractivity contribution is 7.88. The molecule has 0 radical (unpaired) electrons. The Labute approximate surface area is 114 Å². The van der Waals surface area contributed by atoms with Crippen LogP contribution in [0, 0.1) is 10.1 Å². The highest BCUT2D eigenvalue weighted by atomic mass is 32.2. The van der Waals surface area contributed by atoms with Crippen molar-refractivity contribution < 1.29 is 23.2 Å². The minimum absolute atomic E-state index is 0.109. The largest absolute Gasteiger partial charge is 0.477 e. The molecule has 0 heterocycles. The van der Waals surface area contributed by atoms with Gasteiger partial charge in [0.15, 0.2) is 0 Å². The van der Waals surface area contributed by atoms with Crippen LogP contribution < -0.4 is 10.0 Å². The number of hydrogen-bond acceptors (Lipinski definition) is 6. The van der Waals surface area contributed by atoms with Crippen molar-refractivity contribution in [3.05, 3.63) is 33.9 Å². The van der Waals surface area contributed by atoms with Gasteiger partial charge in [-0.05, 0) is 12.1 Å². The van der Waals surface area contributed by atoms with Gasteiger partial charge < -0.3 is 10.4 Å². The molecule has 1 rings (SSSR count). The van der Waals surface area contributed by atoms with Crippen LogP contribution in [0.4, 0.5) is 11.4 Å². The third-order valence-corrected chi connectivity index (χ3v) is 2.97. The number of anilines is 1. The van der Waals surface area contributed by atoms with E-state index in [-0.39, 0.29) is 13.1 Å². The maximum absolute atomic E-state index is 10.9. The maximum Gasteiger partial charge on any atom is 0.342 e. The summed E-state index contributed by atoms with van der Waals surface area (Å²) in [5.74, 6) is -1.41. The summed E-state index contributed by atoms with van der Waals surface area (Å²) in [6.45, 7) is 0.322. The van der Waals surface area contributed by atoms with Gasteiger partial charge in [0.25, 0.3) is 5.69 Å². The fourth-order valence-corrected chi connectivity index (χ4v) is 1.89. The fraction of sp³-hybridized carbons (Fsp3) is 0.300. The number of benzene rings is 1. The van der Waals surface area contributed by atoms with Gasteiger partial charge in [-0.15, -0.1) is 0 Å². The summed E-state index contributed by atoms with van der Waals surface area (Å²) >= 11 is 0. The lowest BCUT2D eigenvalue weighted by molar-refractivity contribution is -0.385. The molecule has 20 heavy (non-hydrogen) atoms. The van der Waals surface area contributed by atoms with Gasteiger partial charge >= 0.3 is 5.97 Å². The Hall–Kier alpha value is -2.20. The SMILES string of the molecule is CS(=O)(=O)NCCNc1ccc([N+](=O)[O-])c(C(=O)O)c1. The number of nitrogens with zero attached hydrogens (tertiary/aromatic N) is 1. The van der Waals surface area contributed by atoms with Crippen molar-refractivity contribution in [2.24, 2.45) is 0 Å². The molecular formula is C10H13N3O6S. The average molecular weight is 303 g/mol. The summed E-state index contributed by atoms with van der Waals surface area (Å²) in [6, 6.07) is 3.56. The molecule has 110 valence electrons. The highest BCUT2D eigenvalue weighted by Gasteiger charge is 2.19. The van der Waals surface area contributed by atoms with Crippen LogP contribution in [0.5, 0.6) is 0 Å². The highest BCUT2D eigenvalue weighted by Crippen LogP contribution is 2.22. The van der Waals surface area contributed by atoms with Crippen LogP contribution in [0.15, 0.2) is 18.2 Å². The van der Waals surface area contributed by atoms with Gasteiger partial charge in [0, 0.05) is 24.8 Å². The molecule has 10 heteroatoms. The van der Waals surface area contributed by atoms with Gasteiger partial charge in [0.2, 0.25) is 10.0 Å². The molecule has 3 N–H and O–H groups in total. The third-order valence-electron chi connectivity index (χ3n) is 2.24. The number of hydrogen-bond donors (Lipinski definition) is 3. The van der Waals surface area contributed by atoms with E-state index in [9.17, 15) is 23.3 Å². The minimum atomic E-state index is -3.29. The summed E-state index contributed by atoms with van der Waals surface area (Å²) in [4.78, 5) is 20.8. The van der Waals surface area contributed by atoms with Crippen LogP contribution >= 0.6 is 0 Å². The maximum atomic E-state index is 10.9. The first-order valence-corrected chi connectivity index (χ1v) is 7.30. The molecule has 0 aliphatic rings. The van der Waals surface area contributed by atoms with Crippen LogP contribution in [0.3, 0.4) is 0 Å². The number of carbonyl (C=O) groups is 1. The average Bonchev–Trinajstić information content (AvgIpc) is 2.33. The van der Waals surface area contributed by atoms with Gasteiger partial charge in [-0.3, -0.25) is 10.1 Å². The standard InChI is InChI=1S/C10H13N3O6S/c1-20(18,19)12-5-4-11-7-2-3-9(13(16)17)8(6-7)10(14)15/h2-3,6,11-12H,4-5H2,1H3,(H,14,15). The number of carboxylic acids is 1. The van der Waals surface area contributed by atoms with Crippen LogP contribution in [-0.2, 0) is 10.0 Å². The van der Waals surface area contributed by atoms with E-state index in [0.29, 0.717) is 5.69 Å². The molecule has 0 aliphatic carbocycles. The van der Waals surface area contributed by atoms with Gasteiger partial charge in [-0.2, -0.15) is 0 Å². The first kappa shape index (κ1) is 15.9. The van der Waals surface area contributed by atoms with E-state index in [1.54, 1.807) is 0 Å². The lowest BCUT2D eigenvalue weighted by Crippen LogP contribution is -2.27. The normalized spacial score (nSPS) is 11.1. The molecule has 9 nitrogen and oxygen atoms in total. The number of aromatic carboxylic acids is 1. The molecular weight excluding hydrogens is 290 g/mol. The van der Waals surface area contributed by atoms with Gasteiger partial charge in [0.1, 0.15) is 5.56 Å². The Bertz CT molecular complexity index is 628. The number of rotatable bonds is 7. The Morgan fingerprint density at radius 1 is 1.40 bits per heavy atom. The first-order chi connectivity index (χ1) is 9.20. The predicted molar refractivity (Wildman–Crippen MR) is 71.4 cm³/mol. The second-order valence-electron chi connectivity index (χ2n) is 3.89. The summed E-state index contributed by atoms with van der Waals surface area (Å²) in [5, 5.41) is 22.3. The van der Waals surface area contributed by atoms with E-state index in [1.807, 2.05) is 0 Å². The van der Waals surface area contributed by atoms with E-state index < -0.39 is 32.2 Å². The van der Waals surface area contributed by atoms with Crippen LogP contribution in [0.25, 0.3) is 0 Å². The minimum Gasteiger partial charge on any atom is -0.477 e. The van der Waals surface area contributed by atoms with E-state index in [2.05, 4.69) is 10.0 Å². The monoisotopic (exact) mass is 303 g/mol. The third kappa shape index (κ3) is 4.82. The quantitative estimate of drug-likeness (QED) is 0.373. The molecule has 0 bridgehead atoms. The fourth-order valence-electron chi connectivity index (χ4n) is 1.42. The van der Waals surface area contributed by atoms with Crippen molar-refractivity contribution in [1.82, 2.24) is 4.72 Å². The number of nitro benzene ring substituents is 1. The zero-order valence-corrected chi connectivity index (χ0v) is 11.3. The molecule has 0 aromatic heterocycles. The zero-order chi connectivity index (χ0) is 15.3. The molecule has 0 spiro atoms. The van der Waals surface area contributed by atoms with Crippen LogP contribution in [-0.4, -0.2) is 43.8 Å². The molecule has 0 aliphatic heterocycles. The zero-order valence-electron chi connectivity index (χ0n) is 10.5. The van der Waals surface area contributed by atoms with E-state index in [0.717, 1.165) is 18.4 Å². The molecule has 0 saturated carbocycles. The van der Waals surface area contributed by atoms with Gasteiger partial charge in [0.05, 0.1) is 11.2 Å². The number of sulfonamides is 1. The number of carboxylic acid groups (broad SMARTS) is 1. The topological polar surface area (TPSA) is 139 Å². The summed E-state index contributed by atoms with van der Waals surface area (Å²) in [7, 11) is -3.29. The second-order valence-corrected chi connectivity index (χ2v) is 5.72. The number of nitro groups is 1. The van der Waals surface area contributed by atoms with Gasteiger partial charge in [-0.1, -0.05) is 0 Å². The molecule has 0 saturated heterocycles. The predicted octanol–water partition coefficient (Wildman–Crippen LogP) is 0.254.